The predicted octanol–water partition coefficient (Wildman–Crippen LogP) is -1.11. The highest BCUT2D eigenvalue weighted by Crippen LogP contribution is 2.10. The first-order chi connectivity index (χ1) is 7.65. The smallest absolute Gasteiger partial charge is 0.239 e. The Balaban J connectivity index is 2.59. The van der Waals surface area contributed by atoms with E-state index in [1.54, 1.807) is 6.07 Å². The zero-order valence-corrected chi connectivity index (χ0v) is 8.95. The van der Waals surface area contributed by atoms with Gasteiger partial charge in [0.05, 0.1) is 6.54 Å². The van der Waals surface area contributed by atoms with E-state index in [1.807, 2.05) is 6.92 Å². The van der Waals surface area contributed by atoms with Gasteiger partial charge in [0.2, 0.25) is 11.9 Å². The first-order valence-electron chi connectivity index (χ1n) is 4.77. The molecule has 0 aromatic carbocycles. The second-order valence-corrected chi connectivity index (χ2v) is 2.95. The highest BCUT2D eigenvalue weighted by atomic mass is 16.1. The Kier molecular flexibility index (Phi) is 4.28. The summed E-state index contributed by atoms with van der Waals surface area (Å²) >= 11 is 0. The van der Waals surface area contributed by atoms with Crippen molar-refractivity contribution in [1.82, 2.24) is 15.3 Å². The Hall–Kier alpha value is -2.09. The fraction of sp³-hybridized carbons (Fsp3) is 0.375. The van der Waals surface area contributed by atoms with E-state index in [0.717, 1.165) is 0 Å². The van der Waals surface area contributed by atoms with Crippen molar-refractivity contribution in [2.24, 2.45) is 5.84 Å². The Morgan fingerprint density at radius 2 is 2.12 bits per heavy atom. The largest absolute Gasteiger partial charge is 0.368 e. The average molecular weight is 225 g/mol. The summed E-state index contributed by atoms with van der Waals surface area (Å²) in [6.07, 6.45) is 0. The third-order valence-electron chi connectivity index (χ3n) is 1.70. The monoisotopic (exact) mass is 225 g/mol. The third-order valence-corrected chi connectivity index (χ3v) is 1.70. The lowest BCUT2D eigenvalue weighted by Crippen LogP contribution is -2.29. The molecule has 0 aliphatic heterocycles. The van der Waals surface area contributed by atoms with Gasteiger partial charge in [-0.2, -0.15) is 9.97 Å². The molecule has 0 unspecified atom stereocenters. The van der Waals surface area contributed by atoms with Gasteiger partial charge in [-0.1, -0.05) is 0 Å². The molecule has 8 nitrogen and oxygen atoms in total. The molecule has 1 amide bonds. The van der Waals surface area contributed by atoms with Crippen molar-refractivity contribution >= 4 is 23.5 Å². The van der Waals surface area contributed by atoms with Gasteiger partial charge in [-0.05, 0) is 6.92 Å². The van der Waals surface area contributed by atoms with Crippen molar-refractivity contribution in [3.63, 3.8) is 0 Å². The molecule has 16 heavy (non-hydrogen) atoms. The number of nitrogens with two attached hydrogens (primary N) is 2. The number of hydrogen-bond donors (Lipinski definition) is 5. The number of likely N-dealkylation sites (N-methyl/N-ethyl adjacent to an activating group) is 1. The first kappa shape index (κ1) is 12.0. The summed E-state index contributed by atoms with van der Waals surface area (Å²) in [4.78, 5) is 18.9. The van der Waals surface area contributed by atoms with Gasteiger partial charge in [-0.25, -0.2) is 5.84 Å². The summed E-state index contributed by atoms with van der Waals surface area (Å²) in [5.74, 6) is 5.96. The van der Waals surface area contributed by atoms with Crippen molar-refractivity contribution in [2.75, 3.05) is 29.6 Å². The van der Waals surface area contributed by atoms with Gasteiger partial charge in [0, 0.05) is 12.6 Å². The van der Waals surface area contributed by atoms with Crippen LogP contribution in [0.2, 0.25) is 0 Å². The summed E-state index contributed by atoms with van der Waals surface area (Å²) in [6, 6.07) is 1.55. The molecule has 0 aliphatic rings. The van der Waals surface area contributed by atoms with Gasteiger partial charge in [0.1, 0.15) is 11.6 Å². The van der Waals surface area contributed by atoms with E-state index in [9.17, 15) is 4.79 Å². The third kappa shape index (κ3) is 3.58. The minimum Gasteiger partial charge on any atom is -0.368 e. The quantitative estimate of drug-likeness (QED) is 0.317. The average Bonchev–Trinajstić information content (AvgIpc) is 2.26. The van der Waals surface area contributed by atoms with Crippen LogP contribution in [0, 0.1) is 0 Å². The molecular formula is C8H15N7O. The molecule has 88 valence electrons. The maximum atomic E-state index is 11.2. The van der Waals surface area contributed by atoms with Crippen LogP contribution in [0.3, 0.4) is 0 Å². The summed E-state index contributed by atoms with van der Waals surface area (Å²) in [5, 5.41) is 5.45. The lowest BCUT2D eigenvalue weighted by molar-refractivity contribution is -0.119. The van der Waals surface area contributed by atoms with Gasteiger partial charge in [-0.15, -0.1) is 0 Å². The zero-order chi connectivity index (χ0) is 12.0. The number of carbonyl (C=O) groups is 1. The van der Waals surface area contributed by atoms with Crippen LogP contribution in [0.5, 0.6) is 0 Å². The number of nitrogens with one attached hydrogen (secondary N) is 3. The van der Waals surface area contributed by atoms with Crippen LogP contribution in [-0.4, -0.2) is 29.0 Å². The van der Waals surface area contributed by atoms with E-state index in [0.29, 0.717) is 18.2 Å². The molecule has 0 aliphatic carbocycles. The molecule has 0 bridgehead atoms. The van der Waals surface area contributed by atoms with Crippen molar-refractivity contribution in [1.29, 1.82) is 0 Å². The SMILES string of the molecule is CCNC(=O)CNc1cc(NN)nc(N)n1. The summed E-state index contributed by atoms with van der Waals surface area (Å²) in [5.41, 5.74) is 7.79. The van der Waals surface area contributed by atoms with Crippen molar-refractivity contribution in [3.05, 3.63) is 6.07 Å². The fourth-order valence-electron chi connectivity index (χ4n) is 1.06. The van der Waals surface area contributed by atoms with Gasteiger partial charge in [-0.3, -0.25) is 4.79 Å². The van der Waals surface area contributed by atoms with Crippen molar-refractivity contribution in [2.45, 2.75) is 6.92 Å². The Morgan fingerprint density at radius 3 is 2.75 bits per heavy atom. The number of nitrogens with zero attached hydrogens (tertiary/aromatic N) is 2. The summed E-state index contributed by atoms with van der Waals surface area (Å²) < 4.78 is 0. The van der Waals surface area contributed by atoms with Crippen molar-refractivity contribution in [3.8, 4) is 0 Å². The molecule has 0 radical (unpaired) electrons. The highest BCUT2D eigenvalue weighted by molar-refractivity contribution is 5.80. The molecule has 1 rings (SSSR count). The second kappa shape index (κ2) is 5.71. The Morgan fingerprint density at radius 1 is 1.44 bits per heavy atom. The number of rotatable bonds is 5. The lowest BCUT2D eigenvalue weighted by Gasteiger charge is -2.07. The minimum atomic E-state index is -0.123. The molecule has 1 aromatic heterocycles. The standard InChI is InChI=1S/C8H15N7O/c1-2-11-7(16)4-12-5-3-6(15-10)14-8(9)13-5/h3H,2,4,10H2,1H3,(H,11,16)(H4,9,12,13,14,15). The van der Waals surface area contributed by atoms with E-state index in [2.05, 4.69) is 26.0 Å². The topological polar surface area (TPSA) is 131 Å². The van der Waals surface area contributed by atoms with Crippen LogP contribution in [0.4, 0.5) is 17.6 Å². The van der Waals surface area contributed by atoms with Crippen LogP contribution in [0.15, 0.2) is 6.07 Å². The molecular weight excluding hydrogens is 210 g/mol. The van der Waals surface area contributed by atoms with Gasteiger partial charge < -0.3 is 21.8 Å². The van der Waals surface area contributed by atoms with Crippen LogP contribution in [0.1, 0.15) is 6.92 Å². The van der Waals surface area contributed by atoms with E-state index in [4.69, 9.17) is 11.6 Å². The molecule has 0 saturated heterocycles. The van der Waals surface area contributed by atoms with E-state index >= 15 is 0 Å². The predicted molar refractivity (Wildman–Crippen MR) is 61.4 cm³/mol. The summed E-state index contributed by atoms with van der Waals surface area (Å²) in [6.45, 7) is 2.55. The van der Waals surface area contributed by atoms with Gasteiger partial charge in [0.25, 0.3) is 0 Å². The zero-order valence-electron chi connectivity index (χ0n) is 8.95. The molecule has 1 heterocycles. The lowest BCUT2D eigenvalue weighted by atomic mass is 10.5. The van der Waals surface area contributed by atoms with E-state index in [-0.39, 0.29) is 18.4 Å². The van der Waals surface area contributed by atoms with Crippen molar-refractivity contribution < 1.29 is 4.79 Å². The van der Waals surface area contributed by atoms with Crippen LogP contribution in [0.25, 0.3) is 0 Å². The molecule has 8 heteroatoms. The first-order valence-corrected chi connectivity index (χ1v) is 4.77. The Labute approximate surface area is 92.8 Å². The molecule has 7 N–H and O–H groups in total. The minimum absolute atomic E-state index is 0.0776. The second-order valence-electron chi connectivity index (χ2n) is 2.95. The number of amides is 1. The number of carbonyl (C=O) groups excluding carboxylic acids is 1. The maximum absolute atomic E-state index is 11.2. The number of hydrogen-bond acceptors (Lipinski definition) is 7. The van der Waals surface area contributed by atoms with E-state index < -0.39 is 0 Å². The molecule has 0 spiro atoms. The maximum Gasteiger partial charge on any atom is 0.239 e. The fourth-order valence-corrected chi connectivity index (χ4v) is 1.06. The summed E-state index contributed by atoms with van der Waals surface area (Å²) in [7, 11) is 0. The number of nitrogen functional groups attached to an aromatic ring is 2. The van der Waals surface area contributed by atoms with E-state index in [1.165, 1.54) is 0 Å². The van der Waals surface area contributed by atoms with Crippen LogP contribution in [-0.2, 0) is 4.79 Å². The molecule has 1 aromatic rings. The van der Waals surface area contributed by atoms with Gasteiger partial charge >= 0.3 is 0 Å². The number of anilines is 3. The molecule has 0 atom stereocenters. The normalized spacial score (nSPS) is 9.62. The van der Waals surface area contributed by atoms with Crippen LogP contribution >= 0.6 is 0 Å². The molecule has 0 fully saturated rings. The van der Waals surface area contributed by atoms with Gasteiger partial charge in [0.15, 0.2) is 0 Å². The molecule has 0 saturated carbocycles. The number of hydrazine groups is 1. The number of aromatic nitrogens is 2. The highest BCUT2D eigenvalue weighted by Gasteiger charge is 2.03. The van der Waals surface area contributed by atoms with Crippen LogP contribution < -0.4 is 27.6 Å². The Bertz CT molecular complexity index is 367.